The summed E-state index contributed by atoms with van der Waals surface area (Å²) in [6.45, 7) is 2.70. The molecule has 0 bridgehead atoms. The minimum Gasteiger partial charge on any atom is -0.494 e. The van der Waals surface area contributed by atoms with Crippen molar-refractivity contribution in [2.75, 3.05) is 20.8 Å². The number of benzene rings is 1. The first-order chi connectivity index (χ1) is 8.59. The Morgan fingerprint density at radius 3 is 2.89 bits per heavy atom. The monoisotopic (exact) mass is 253 g/mol. The van der Waals surface area contributed by atoms with E-state index in [4.69, 9.17) is 9.47 Å². The van der Waals surface area contributed by atoms with Gasteiger partial charge in [-0.2, -0.15) is 0 Å². The van der Waals surface area contributed by atoms with E-state index in [0.29, 0.717) is 12.6 Å². The van der Waals surface area contributed by atoms with Crippen molar-refractivity contribution >= 4 is 0 Å². The summed E-state index contributed by atoms with van der Waals surface area (Å²) in [5, 5.41) is 3.27. The van der Waals surface area contributed by atoms with E-state index in [1.807, 2.05) is 20.0 Å². The quantitative estimate of drug-likeness (QED) is 0.897. The van der Waals surface area contributed by atoms with Crippen molar-refractivity contribution in [1.29, 1.82) is 0 Å². The molecule has 2 unspecified atom stereocenters. The molecule has 1 heterocycles. The van der Waals surface area contributed by atoms with Crippen LogP contribution in [0, 0.1) is 5.82 Å². The highest BCUT2D eigenvalue weighted by Gasteiger charge is 2.34. The molecule has 0 aromatic heterocycles. The fourth-order valence-corrected chi connectivity index (χ4v) is 2.50. The average Bonchev–Trinajstić information content (AvgIpc) is 2.38. The molecule has 0 aliphatic carbocycles. The molecule has 1 saturated heterocycles. The molecule has 18 heavy (non-hydrogen) atoms. The summed E-state index contributed by atoms with van der Waals surface area (Å²) in [6, 6.07) is 5.45. The lowest BCUT2D eigenvalue weighted by atomic mass is 9.85. The van der Waals surface area contributed by atoms with Gasteiger partial charge in [-0.25, -0.2) is 4.39 Å². The van der Waals surface area contributed by atoms with E-state index < -0.39 is 5.60 Å². The zero-order valence-corrected chi connectivity index (χ0v) is 11.1. The standard InChI is InChI=1S/C14H20FNO2/c1-14(9-11(16-2)6-7-18-14)10-4-5-13(17-3)12(15)8-10/h4-5,8,11,16H,6-7,9H2,1-3H3. The van der Waals surface area contributed by atoms with Crippen molar-refractivity contribution in [2.24, 2.45) is 0 Å². The van der Waals surface area contributed by atoms with Crippen LogP contribution in [-0.2, 0) is 10.3 Å². The second-order valence-corrected chi connectivity index (χ2v) is 4.91. The molecule has 100 valence electrons. The van der Waals surface area contributed by atoms with Crippen LogP contribution in [0.5, 0.6) is 5.75 Å². The van der Waals surface area contributed by atoms with Crippen LogP contribution in [0.1, 0.15) is 25.3 Å². The van der Waals surface area contributed by atoms with Crippen LogP contribution in [-0.4, -0.2) is 26.8 Å². The Morgan fingerprint density at radius 2 is 2.28 bits per heavy atom. The number of halogens is 1. The molecular weight excluding hydrogens is 233 g/mol. The van der Waals surface area contributed by atoms with Crippen molar-refractivity contribution in [3.8, 4) is 5.75 Å². The molecule has 1 aromatic carbocycles. The second-order valence-electron chi connectivity index (χ2n) is 4.91. The molecule has 4 heteroatoms. The lowest BCUT2D eigenvalue weighted by molar-refractivity contribution is -0.0806. The van der Waals surface area contributed by atoms with Gasteiger partial charge in [0.15, 0.2) is 11.6 Å². The van der Waals surface area contributed by atoms with E-state index in [1.54, 1.807) is 6.07 Å². The topological polar surface area (TPSA) is 30.5 Å². The van der Waals surface area contributed by atoms with Gasteiger partial charge in [0.1, 0.15) is 0 Å². The molecule has 0 spiro atoms. The maximum absolute atomic E-state index is 13.8. The number of rotatable bonds is 3. The highest BCUT2D eigenvalue weighted by atomic mass is 19.1. The van der Waals surface area contributed by atoms with Gasteiger partial charge < -0.3 is 14.8 Å². The van der Waals surface area contributed by atoms with Crippen LogP contribution in [0.3, 0.4) is 0 Å². The SMILES string of the molecule is CNC1CCOC(C)(c2ccc(OC)c(F)c2)C1. The molecule has 2 atom stereocenters. The summed E-state index contributed by atoms with van der Waals surface area (Å²) in [4.78, 5) is 0. The minimum atomic E-state index is -0.432. The second kappa shape index (κ2) is 5.24. The number of hydrogen-bond donors (Lipinski definition) is 1. The van der Waals surface area contributed by atoms with Gasteiger partial charge in [-0.05, 0) is 44.5 Å². The van der Waals surface area contributed by atoms with Crippen molar-refractivity contribution in [1.82, 2.24) is 5.32 Å². The average molecular weight is 253 g/mol. The Labute approximate surface area is 107 Å². The fourth-order valence-electron chi connectivity index (χ4n) is 2.50. The van der Waals surface area contributed by atoms with Gasteiger partial charge in [-0.1, -0.05) is 6.07 Å². The van der Waals surface area contributed by atoms with Gasteiger partial charge >= 0.3 is 0 Å². The van der Waals surface area contributed by atoms with E-state index in [2.05, 4.69) is 5.32 Å². The normalized spacial score (nSPS) is 28.1. The molecule has 1 aromatic rings. The number of nitrogens with one attached hydrogen (secondary N) is 1. The zero-order chi connectivity index (χ0) is 13.2. The molecule has 2 rings (SSSR count). The third-order valence-corrected chi connectivity index (χ3v) is 3.69. The summed E-state index contributed by atoms with van der Waals surface area (Å²) in [6.07, 6.45) is 1.83. The Morgan fingerprint density at radius 1 is 1.50 bits per heavy atom. The van der Waals surface area contributed by atoms with Crippen molar-refractivity contribution < 1.29 is 13.9 Å². The highest BCUT2D eigenvalue weighted by molar-refractivity contribution is 5.32. The molecule has 0 saturated carbocycles. The van der Waals surface area contributed by atoms with Crippen molar-refractivity contribution in [2.45, 2.75) is 31.4 Å². The van der Waals surface area contributed by atoms with Gasteiger partial charge in [0.05, 0.1) is 12.7 Å². The van der Waals surface area contributed by atoms with Crippen LogP contribution >= 0.6 is 0 Å². The first-order valence-electron chi connectivity index (χ1n) is 6.24. The van der Waals surface area contributed by atoms with Crippen LogP contribution in [0.15, 0.2) is 18.2 Å². The molecule has 1 fully saturated rings. The lowest BCUT2D eigenvalue weighted by Crippen LogP contribution is -2.42. The smallest absolute Gasteiger partial charge is 0.165 e. The maximum Gasteiger partial charge on any atom is 0.165 e. The first kappa shape index (κ1) is 13.3. The van der Waals surface area contributed by atoms with Gasteiger partial charge in [0.25, 0.3) is 0 Å². The van der Waals surface area contributed by atoms with Crippen molar-refractivity contribution in [3.63, 3.8) is 0 Å². The molecule has 0 radical (unpaired) electrons. The van der Waals surface area contributed by atoms with Crippen LogP contribution in [0.2, 0.25) is 0 Å². The summed E-state index contributed by atoms with van der Waals surface area (Å²) in [7, 11) is 3.42. The van der Waals surface area contributed by atoms with Gasteiger partial charge in [-0.15, -0.1) is 0 Å². The van der Waals surface area contributed by atoms with Crippen LogP contribution in [0.25, 0.3) is 0 Å². The Bertz CT molecular complexity index is 424. The zero-order valence-electron chi connectivity index (χ0n) is 11.1. The third-order valence-electron chi connectivity index (χ3n) is 3.69. The summed E-state index contributed by atoms with van der Waals surface area (Å²) in [5.41, 5.74) is 0.430. The van der Waals surface area contributed by atoms with Crippen LogP contribution in [0.4, 0.5) is 4.39 Å². The van der Waals surface area contributed by atoms with E-state index in [9.17, 15) is 4.39 Å². The van der Waals surface area contributed by atoms with E-state index in [1.165, 1.54) is 13.2 Å². The van der Waals surface area contributed by atoms with E-state index in [-0.39, 0.29) is 11.6 Å². The van der Waals surface area contributed by atoms with Crippen LogP contribution < -0.4 is 10.1 Å². The molecular formula is C14H20FNO2. The number of ether oxygens (including phenoxy) is 2. The molecule has 0 amide bonds. The number of hydrogen-bond acceptors (Lipinski definition) is 3. The Balaban J connectivity index is 2.26. The maximum atomic E-state index is 13.8. The molecule has 3 nitrogen and oxygen atoms in total. The van der Waals surface area contributed by atoms with E-state index in [0.717, 1.165) is 18.4 Å². The summed E-state index contributed by atoms with van der Waals surface area (Å²) in [5.74, 6) is -0.0743. The highest BCUT2D eigenvalue weighted by Crippen LogP contribution is 2.36. The van der Waals surface area contributed by atoms with Crippen molar-refractivity contribution in [3.05, 3.63) is 29.6 Å². The minimum absolute atomic E-state index is 0.267. The third kappa shape index (κ3) is 2.49. The number of methoxy groups -OCH3 is 1. The van der Waals surface area contributed by atoms with Gasteiger partial charge in [-0.3, -0.25) is 0 Å². The molecule has 1 aliphatic rings. The molecule has 1 aliphatic heterocycles. The van der Waals surface area contributed by atoms with Gasteiger partial charge in [0, 0.05) is 12.6 Å². The first-order valence-corrected chi connectivity index (χ1v) is 6.24. The predicted molar refractivity (Wildman–Crippen MR) is 68.3 cm³/mol. The van der Waals surface area contributed by atoms with E-state index >= 15 is 0 Å². The Hall–Kier alpha value is -1.13. The Kier molecular flexibility index (Phi) is 3.88. The predicted octanol–water partition coefficient (Wildman–Crippen LogP) is 2.45. The summed E-state index contributed by atoms with van der Waals surface area (Å²) < 4.78 is 24.6. The van der Waals surface area contributed by atoms with Gasteiger partial charge in [0.2, 0.25) is 0 Å². The summed E-state index contributed by atoms with van der Waals surface area (Å²) >= 11 is 0. The largest absolute Gasteiger partial charge is 0.494 e. The fraction of sp³-hybridized carbons (Fsp3) is 0.571. The molecule has 1 N–H and O–H groups in total. The lowest BCUT2D eigenvalue weighted by Gasteiger charge is -2.38.